The Morgan fingerprint density at radius 3 is 0.959 bits per heavy atom. The Hall–Kier alpha value is -11.6. The molecule has 0 aromatic carbocycles. The van der Waals surface area contributed by atoms with E-state index in [0.717, 1.165) is 167 Å². The van der Waals surface area contributed by atoms with E-state index in [2.05, 4.69) is 115 Å². The summed E-state index contributed by atoms with van der Waals surface area (Å²) in [7, 11) is 6.15. The molecule has 0 spiro atoms. The summed E-state index contributed by atoms with van der Waals surface area (Å²) < 4.78 is 40.6. The van der Waals surface area contributed by atoms with Crippen molar-refractivity contribution in [1.29, 1.82) is 10.5 Å². The Kier molecular flexibility index (Phi) is 47.3. The molecule has 8 heterocycles. The van der Waals surface area contributed by atoms with Crippen LogP contribution < -0.4 is 102 Å². The molecule has 7 saturated carbocycles. The van der Waals surface area contributed by atoms with Gasteiger partial charge in [-0.05, 0) is 246 Å². The second-order valence-electron chi connectivity index (χ2n) is 40.5. The van der Waals surface area contributed by atoms with E-state index in [1.165, 1.54) is 36.5 Å². The summed E-state index contributed by atoms with van der Waals surface area (Å²) in [6.07, 6.45) is 26.0. The molecule has 4 amide bonds. The van der Waals surface area contributed by atoms with Crippen LogP contribution in [0, 0.1) is 78.8 Å². The zero-order valence-electron chi connectivity index (χ0n) is 87.4. The van der Waals surface area contributed by atoms with Crippen molar-refractivity contribution >= 4 is 65.1 Å². The normalized spacial score (nSPS) is 21.0. The first-order chi connectivity index (χ1) is 68.1. The van der Waals surface area contributed by atoms with Crippen molar-refractivity contribution in [3.8, 4) is 35.7 Å². The fourth-order valence-electron chi connectivity index (χ4n) is 19.5. The third-order valence-electron chi connectivity index (χ3n) is 27.7. The second-order valence-corrected chi connectivity index (χ2v) is 40.5. The van der Waals surface area contributed by atoms with Gasteiger partial charge in [-0.25, -0.2) is 29.9 Å². The van der Waals surface area contributed by atoms with E-state index < -0.39 is 57.2 Å². The number of nitrogens with zero attached hydrogens (tertiary/aromatic N) is 8. The average molecular weight is 2030 g/mol. The molecular formula is C110H149KN14O20. The fourth-order valence-corrected chi connectivity index (χ4v) is 19.5. The number of nitriles is 2. The Morgan fingerprint density at radius 1 is 0.434 bits per heavy atom. The number of allylic oxidation sites excluding steroid dienone is 4. The van der Waals surface area contributed by atoms with Crippen molar-refractivity contribution in [1.82, 2.24) is 51.2 Å². The molecule has 2 aliphatic heterocycles. The first kappa shape index (κ1) is 120. The van der Waals surface area contributed by atoms with Gasteiger partial charge in [0.1, 0.15) is 11.6 Å². The van der Waals surface area contributed by atoms with E-state index in [0.29, 0.717) is 105 Å². The summed E-state index contributed by atoms with van der Waals surface area (Å²) in [5, 5.41) is 53.3. The minimum Gasteiger partial charge on any atom is -0.870 e. The van der Waals surface area contributed by atoms with Crippen molar-refractivity contribution in [2.45, 2.75) is 260 Å². The molecule has 7 fully saturated rings. The number of aliphatic carboxylic acids is 1. The summed E-state index contributed by atoms with van der Waals surface area (Å²) in [5.74, 6) is 3.00. The van der Waals surface area contributed by atoms with Crippen LogP contribution in [-0.2, 0) is 87.8 Å². The number of methoxy groups -OCH3 is 4. The van der Waals surface area contributed by atoms with E-state index in [4.69, 9.17) is 63.5 Å². The van der Waals surface area contributed by atoms with Gasteiger partial charge in [0.2, 0.25) is 47.1 Å². The van der Waals surface area contributed by atoms with Gasteiger partial charge < -0.3 is 85.5 Å². The predicted molar refractivity (Wildman–Crippen MR) is 542 cm³/mol. The van der Waals surface area contributed by atoms with Crippen molar-refractivity contribution in [3.63, 3.8) is 0 Å². The third kappa shape index (κ3) is 35.6. The number of anilines is 2. The van der Waals surface area contributed by atoms with Crippen molar-refractivity contribution in [2.75, 3.05) is 85.2 Å². The second kappa shape index (κ2) is 56.9. The molecule has 7 aliphatic carbocycles. The summed E-state index contributed by atoms with van der Waals surface area (Å²) >= 11 is 0. The quantitative estimate of drug-likeness (QED) is 0.00784. The smallest absolute Gasteiger partial charge is 0.870 e. The molecule has 9 aliphatic rings. The standard InChI is InChI=1S/2C27H36N4O4.C18H26N2O5.C18H24N2O4.C7H9N.C7H10O2.C6H7N.K.H2O/c2*1-4-35-24(32)14-22(20-9-12-23(34-3)29-17-20)31-26(33)27(2)15-18(16-27)7-10-21-11-8-19-6-5-13-28-25(19)30-21;1-4-25-16(22)7-14(13-5-6-15(24-3)19-10-13)20-17(23)18(2)8-12(9-18)11-21;1-5-24-16(21)8-14(13-6-7-15(23-4)19-11-13)20-17(22)18(3)9-12(2)10-18;1-6-3-7(2,4-6)5-8;1-5-3-7(2,4-5)6(8)9;1-5-2-6(3-5)4-7;;/h2*8-9,11-12,17-18,22H,4-7,10,13-16H2,1-3H3,(H,28,30)(H,31,33);5-6,10,12,14,21H,4,7-9,11H2,1-3H3,(H,20,23);6-7,11,14H,2,5,8-10H2,1,3-4H3,(H,20,22);1,3-4H2,2H3;1,3-4H2,2H3,(H,8,9);6H,1-3H2;;1H2/q;;;;;;;+1;/p-1/t2*18?,22-,27?;12?,14-,18?;14-;;;;;/m0000...../s1. The van der Waals surface area contributed by atoms with Gasteiger partial charge >= 0.3 is 81.2 Å². The summed E-state index contributed by atoms with van der Waals surface area (Å²) in [6.45, 7) is 36.9. The number of aliphatic hydroxyl groups is 1. The molecule has 15 rings (SSSR count). The fraction of sp³-hybridized carbons (Fsp3) is 0.555. The van der Waals surface area contributed by atoms with E-state index in [1.54, 1.807) is 110 Å². The Morgan fingerprint density at radius 2 is 0.731 bits per heavy atom. The molecule has 6 aromatic heterocycles. The molecule has 35 heteroatoms. The van der Waals surface area contributed by atoms with E-state index in [1.807, 2.05) is 46.8 Å². The molecule has 0 radical (unpaired) electrons. The SMILES string of the molecule is C=C1CC(C#N)C1.C=C1CC(C)(C#N)C1.C=C1CC(C)(C(=O)N[C@@H](CC(=O)OCC)c2ccc(OC)nc2)C1.C=C1CC(C)(C(=O)O)C1.CCOC(=O)C[C@H](NC(=O)C1(C)CC(CCc2ccc3c(n2)NCCC3)C1)c1ccc(OC)nc1.CCOC(=O)C[C@H](NC(=O)C1(C)CC(CCc2ccc3c(n2)NCCC3)C1)c1ccc(OC)nc1.CCOC(=O)C[C@H](NC(=O)C1(C)CC(CO)C1)c1ccc(OC)nc1.[K+].[OH-]. The van der Waals surface area contributed by atoms with Gasteiger partial charge in [0, 0.05) is 96.4 Å². The third-order valence-corrected chi connectivity index (χ3v) is 27.7. The number of nitrogens with one attached hydrogen (secondary N) is 6. The maximum atomic E-state index is 13.2. The first-order valence-corrected chi connectivity index (χ1v) is 49.8. The van der Waals surface area contributed by atoms with Gasteiger partial charge in [-0.2, -0.15) is 10.5 Å². The number of carbonyl (C=O) groups excluding carboxylic acids is 8. The zero-order chi connectivity index (χ0) is 104. The predicted octanol–water partition coefficient (Wildman–Crippen LogP) is 13.8. The van der Waals surface area contributed by atoms with Crippen LogP contribution in [0.5, 0.6) is 23.5 Å². The number of hydrogen-bond donors (Lipinski definition) is 8. The first-order valence-electron chi connectivity index (χ1n) is 49.8. The number of aliphatic hydroxyl groups excluding tert-OH is 1. The van der Waals surface area contributed by atoms with Gasteiger partial charge in [0.15, 0.2) is 0 Å². The number of esters is 4. The minimum atomic E-state index is -0.699. The van der Waals surface area contributed by atoms with Gasteiger partial charge in [0.25, 0.3) is 0 Å². The van der Waals surface area contributed by atoms with Crippen LogP contribution in [0.3, 0.4) is 0 Å². The number of hydrogen-bond acceptors (Lipinski definition) is 29. The van der Waals surface area contributed by atoms with Crippen LogP contribution >= 0.6 is 0 Å². The summed E-state index contributed by atoms with van der Waals surface area (Å²) in [5.41, 5.74) is 9.94. The van der Waals surface area contributed by atoms with Crippen LogP contribution in [0.1, 0.15) is 279 Å². The van der Waals surface area contributed by atoms with Crippen LogP contribution in [0.15, 0.2) is 146 Å². The molecule has 34 nitrogen and oxygen atoms in total. The van der Waals surface area contributed by atoms with Crippen LogP contribution in [0.4, 0.5) is 11.6 Å². The maximum absolute atomic E-state index is 13.2. The Balaban J connectivity index is 0.000000243. The Labute approximate surface area is 896 Å². The number of aromatic nitrogens is 6. The molecule has 0 bridgehead atoms. The number of amides is 4. The number of carboxylic acids is 1. The van der Waals surface area contributed by atoms with Crippen LogP contribution in [0.2, 0.25) is 0 Å². The molecule has 4 atom stereocenters. The number of aryl methyl sites for hydroxylation is 4. The molecular weight excluding hydrogens is 1880 g/mol. The topological polar surface area (TPSA) is 495 Å². The minimum absolute atomic E-state index is 0. The number of fused-ring (bicyclic) bond motifs is 2. The van der Waals surface area contributed by atoms with Crippen molar-refractivity contribution < 1.29 is 148 Å². The molecule has 9 N–H and O–H groups in total. The number of carbonyl (C=O) groups is 9. The molecule has 6 aromatic rings. The van der Waals surface area contributed by atoms with Gasteiger partial charge in [0.05, 0.1) is 139 Å². The largest absolute Gasteiger partial charge is 1.00 e. The van der Waals surface area contributed by atoms with Crippen LogP contribution in [-0.4, -0.2) is 174 Å². The van der Waals surface area contributed by atoms with Crippen molar-refractivity contribution in [2.24, 2.45) is 56.2 Å². The van der Waals surface area contributed by atoms with Gasteiger partial charge in [-0.15, -0.1) is 0 Å². The van der Waals surface area contributed by atoms with Crippen LogP contribution in [0.25, 0.3) is 0 Å². The van der Waals surface area contributed by atoms with Gasteiger partial charge in [-0.3, -0.25) is 43.2 Å². The number of ether oxygens (including phenoxy) is 8. The number of rotatable bonds is 36. The summed E-state index contributed by atoms with van der Waals surface area (Å²) in [6, 6.07) is 25.1. The monoisotopic (exact) mass is 2030 g/mol. The van der Waals surface area contributed by atoms with E-state index in [9.17, 15) is 48.3 Å². The number of pyridine rings is 6. The van der Waals surface area contributed by atoms with Crippen molar-refractivity contribution in [3.05, 3.63) is 191 Å². The average Bonchev–Trinajstić information content (AvgIpc) is 0.770. The summed E-state index contributed by atoms with van der Waals surface area (Å²) in [4.78, 5) is 137. The molecule has 0 unspecified atom stereocenters. The zero-order valence-corrected chi connectivity index (χ0v) is 90.5. The van der Waals surface area contributed by atoms with E-state index in [-0.39, 0.29) is 155 Å². The maximum Gasteiger partial charge on any atom is 1.00 e. The van der Waals surface area contributed by atoms with E-state index >= 15 is 0 Å². The number of carboxylic acid groups (broad SMARTS) is 1. The molecule has 145 heavy (non-hydrogen) atoms. The molecule has 780 valence electrons. The Bertz CT molecular complexity index is 5280. The molecule has 0 saturated heterocycles. The van der Waals surface area contributed by atoms with Gasteiger partial charge in [-0.1, -0.05) is 113 Å².